The van der Waals surface area contributed by atoms with E-state index in [1.807, 2.05) is 0 Å². The van der Waals surface area contributed by atoms with Crippen molar-refractivity contribution in [3.05, 3.63) is 70.8 Å². The van der Waals surface area contributed by atoms with Crippen LogP contribution in [0.2, 0.25) is 0 Å². The standard InChI is InChI=1S/C18H21Cl2N/c19-11-9-15-5-1-3-7-17(15)13-21-14-18-8-4-2-6-16(18)10-12-20/h1-8,21H,9-14H2. The molecule has 2 rings (SSSR count). The Labute approximate surface area is 137 Å². The fourth-order valence-electron chi connectivity index (χ4n) is 2.48. The van der Waals surface area contributed by atoms with Crippen molar-refractivity contribution in [1.82, 2.24) is 5.32 Å². The summed E-state index contributed by atoms with van der Waals surface area (Å²) in [5.41, 5.74) is 5.31. The Kier molecular flexibility index (Phi) is 7.08. The highest BCUT2D eigenvalue weighted by Gasteiger charge is 2.03. The Bertz CT molecular complexity index is 505. The molecule has 0 atom stereocenters. The van der Waals surface area contributed by atoms with Crippen LogP contribution in [0, 0.1) is 0 Å². The molecule has 0 amide bonds. The van der Waals surface area contributed by atoms with Gasteiger partial charge in [0.15, 0.2) is 0 Å². The summed E-state index contributed by atoms with van der Waals surface area (Å²) in [6.07, 6.45) is 1.84. The fourth-order valence-corrected chi connectivity index (χ4v) is 2.89. The summed E-state index contributed by atoms with van der Waals surface area (Å²) in [6, 6.07) is 16.9. The minimum Gasteiger partial charge on any atom is -0.309 e. The summed E-state index contributed by atoms with van der Waals surface area (Å²) >= 11 is 11.7. The van der Waals surface area contributed by atoms with Crippen LogP contribution in [-0.4, -0.2) is 11.8 Å². The van der Waals surface area contributed by atoms with Gasteiger partial charge in [0.1, 0.15) is 0 Å². The summed E-state index contributed by atoms with van der Waals surface area (Å²) in [5.74, 6) is 1.32. The minimum absolute atomic E-state index is 0.662. The van der Waals surface area contributed by atoms with E-state index in [0.717, 1.165) is 25.9 Å². The van der Waals surface area contributed by atoms with E-state index in [1.54, 1.807) is 0 Å². The zero-order chi connectivity index (χ0) is 14.9. The van der Waals surface area contributed by atoms with Gasteiger partial charge in [0.05, 0.1) is 0 Å². The molecule has 112 valence electrons. The summed E-state index contributed by atoms with van der Waals surface area (Å²) < 4.78 is 0. The highest BCUT2D eigenvalue weighted by molar-refractivity contribution is 6.18. The average Bonchev–Trinajstić information content (AvgIpc) is 2.51. The van der Waals surface area contributed by atoms with Gasteiger partial charge < -0.3 is 5.32 Å². The molecule has 0 aliphatic carbocycles. The normalized spacial score (nSPS) is 10.8. The lowest BCUT2D eigenvalue weighted by Crippen LogP contribution is -2.15. The molecule has 2 aromatic rings. The molecule has 0 aromatic heterocycles. The van der Waals surface area contributed by atoms with Crippen LogP contribution >= 0.6 is 23.2 Å². The number of hydrogen-bond donors (Lipinski definition) is 1. The predicted molar refractivity (Wildman–Crippen MR) is 92.3 cm³/mol. The molecule has 21 heavy (non-hydrogen) atoms. The van der Waals surface area contributed by atoms with E-state index in [9.17, 15) is 0 Å². The Morgan fingerprint density at radius 1 is 0.619 bits per heavy atom. The fraction of sp³-hybridized carbons (Fsp3) is 0.333. The Balaban J connectivity index is 1.95. The van der Waals surface area contributed by atoms with Crippen molar-refractivity contribution in [2.45, 2.75) is 25.9 Å². The second kappa shape index (κ2) is 9.09. The van der Waals surface area contributed by atoms with Crippen molar-refractivity contribution in [1.29, 1.82) is 0 Å². The largest absolute Gasteiger partial charge is 0.309 e. The maximum Gasteiger partial charge on any atom is 0.0264 e. The molecule has 3 heteroatoms. The molecule has 0 heterocycles. The van der Waals surface area contributed by atoms with E-state index in [0.29, 0.717) is 11.8 Å². The van der Waals surface area contributed by atoms with Gasteiger partial charge in [-0.25, -0.2) is 0 Å². The van der Waals surface area contributed by atoms with Crippen molar-refractivity contribution >= 4 is 23.2 Å². The zero-order valence-corrected chi connectivity index (χ0v) is 13.6. The van der Waals surface area contributed by atoms with E-state index >= 15 is 0 Å². The first kappa shape index (κ1) is 16.4. The molecule has 1 N–H and O–H groups in total. The molecule has 0 bridgehead atoms. The Morgan fingerprint density at radius 3 is 1.38 bits per heavy atom. The lowest BCUT2D eigenvalue weighted by Gasteiger charge is -2.12. The molecule has 0 saturated carbocycles. The molecule has 0 fully saturated rings. The van der Waals surface area contributed by atoms with Gasteiger partial charge in [-0.15, -0.1) is 23.2 Å². The van der Waals surface area contributed by atoms with E-state index in [4.69, 9.17) is 23.2 Å². The van der Waals surface area contributed by atoms with Crippen molar-refractivity contribution in [3.63, 3.8) is 0 Å². The highest BCUT2D eigenvalue weighted by Crippen LogP contribution is 2.13. The first-order valence-corrected chi connectivity index (χ1v) is 8.38. The van der Waals surface area contributed by atoms with Crippen LogP contribution in [0.15, 0.2) is 48.5 Å². The van der Waals surface area contributed by atoms with E-state index in [1.165, 1.54) is 22.3 Å². The van der Waals surface area contributed by atoms with E-state index < -0.39 is 0 Å². The molecule has 0 saturated heterocycles. The second-order valence-corrected chi connectivity index (χ2v) is 5.77. The van der Waals surface area contributed by atoms with Crippen molar-refractivity contribution in [2.24, 2.45) is 0 Å². The molecule has 0 unspecified atom stereocenters. The number of halogens is 2. The van der Waals surface area contributed by atoms with Gasteiger partial charge >= 0.3 is 0 Å². The van der Waals surface area contributed by atoms with Gasteiger partial charge in [0.25, 0.3) is 0 Å². The van der Waals surface area contributed by atoms with E-state index in [-0.39, 0.29) is 0 Å². The summed E-state index contributed by atoms with van der Waals surface area (Å²) in [4.78, 5) is 0. The van der Waals surface area contributed by atoms with Gasteiger partial charge in [0, 0.05) is 24.8 Å². The summed E-state index contributed by atoms with van der Waals surface area (Å²) in [5, 5.41) is 3.53. The van der Waals surface area contributed by atoms with Crippen LogP contribution < -0.4 is 5.32 Å². The number of alkyl halides is 2. The highest BCUT2D eigenvalue weighted by atomic mass is 35.5. The van der Waals surface area contributed by atoms with Gasteiger partial charge in [-0.2, -0.15) is 0 Å². The van der Waals surface area contributed by atoms with Gasteiger partial charge in [-0.1, -0.05) is 48.5 Å². The van der Waals surface area contributed by atoms with Gasteiger partial charge in [-0.3, -0.25) is 0 Å². The number of aryl methyl sites for hydroxylation is 2. The monoisotopic (exact) mass is 321 g/mol. The first-order valence-electron chi connectivity index (χ1n) is 7.31. The maximum absolute atomic E-state index is 5.86. The number of benzene rings is 2. The predicted octanol–water partition coefficient (Wildman–Crippen LogP) is 4.54. The summed E-state index contributed by atoms with van der Waals surface area (Å²) in [7, 11) is 0. The van der Waals surface area contributed by atoms with Gasteiger partial charge in [-0.05, 0) is 35.1 Å². The maximum atomic E-state index is 5.86. The number of rotatable bonds is 8. The molecular weight excluding hydrogens is 301 g/mol. The molecule has 2 aromatic carbocycles. The molecule has 1 nitrogen and oxygen atoms in total. The third-order valence-electron chi connectivity index (χ3n) is 3.60. The topological polar surface area (TPSA) is 12.0 Å². The third kappa shape index (κ3) is 5.03. The first-order chi connectivity index (χ1) is 10.3. The lowest BCUT2D eigenvalue weighted by atomic mass is 10.0. The number of hydrogen-bond acceptors (Lipinski definition) is 1. The van der Waals surface area contributed by atoms with E-state index in [2.05, 4.69) is 53.8 Å². The molecule has 0 spiro atoms. The molecular formula is C18H21Cl2N. The van der Waals surface area contributed by atoms with Crippen LogP contribution in [0.4, 0.5) is 0 Å². The lowest BCUT2D eigenvalue weighted by molar-refractivity contribution is 0.684. The molecule has 0 aliphatic rings. The second-order valence-electron chi connectivity index (χ2n) is 5.02. The van der Waals surface area contributed by atoms with Crippen molar-refractivity contribution in [2.75, 3.05) is 11.8 Å². The minimum atomic E-state index is 0.662. The number of nitrogens with one attached hydrogen (secondary N) is 1. The van der Waals surface area contributed by atoms with Crippen molar-refractivity contribution in [3.8, 4) is 0 Å². The zero-order valence-electron chi connectivity index (χ0n) is 12.1. The van der Waals surface area contributed by atoms with Crippen LogP contribution in [0.5, 0.6) is 0 Å². The SMILES string of the molecule is ClCCc1ccccc1CNCc1ccccc1CCCl. The third-order valence-corrected chi connectivity index (χ3v) is 3.97. The quantitative estimate of drug-likeness (QED) is 0.704. The van der Waals surface area contributed by atoms with Gasteiger partial charge in [0.2, 0.25) is 0 Å². The van der Waals surface area contributed by atoms with Crippen LogP contribution in [-0.2, 0) is 25.9 Å². The van der Waals surface area contributed by atoms with Crippen LogP contribution in [0.1, 0.15) is 22.3 Å². The Hall–Kier alpha value is -1.02. The van der Waals surface area contributed by atoms with Crippen molar-refractivity contribution < 1.29 is 0 Å². The molecule has 0 aliphatic heterocycles. The summed E-state index contributed by atoms with van der Waals surface area (Å²) in [6.45, 7) is 1.73. The van der Waals surface area contributed by atoms with Crippen LogP contribution in [0.3, 0.4) is 0 Å². The van der Waals surface area contributed by atoms with Crippen LogP contribution in [0.25, 0.3) is 0 Å². The average molecular weight is 322 g/mol. The Morgan fingerprint density at radius 2 is 1.00 bits per heavy atom. The smallest absolute Gasteiger partial charge is 0.0264 e. The molecule has 0 radical (unpaired) electrons.